The van der Waals surface area contributed by atoms with Crippen molar-refractivity contribution in [1.29, 1.82) is 0 Å². The van der Waals surface area contributed by atoms with Gasteiger partial charge < -0.3 is 19.3 Å². The van der Waals surface area contributed by atoms with Crippen molar-refractivity contribution in [2.24, 2.45) is 0 Å². The van der Waals surface area contributed by atoms with Gasteiger partial charge in [-0.25, -0.2) is 39.2 Å². The smallest absolute Gasteiger partial charge is 0.333 e. The van der Waals surface area contributed by atoms with Gasteiger partial charge in [-0.05, 0) is 112 Å². The summed E-state index contributed by atoms with van der Waals surface area (Å²) >= 11 is -0.377. The normalized spacial score (nSPS) is 13.1. The zero-order chi connectivity index (χ0) is 58.7. The van der Waals surface area contributed by atoms with Crippen molar-refractivity contribution in [2.45, 2.75) is 119 Å². The minimum atomic E-state index is -6.10. The molecule has 1 atom stereocenters. The van der Waals surface area contributed by atoms with Gasteiger partial charge in [0.15, 0.2) is 28.2 Å². The molecule has 0 aliphatic carbocycles. The predicted molar refractivity (Wildman–Crippen MR) is 298 cm³/mol. The summed E-state index contributed by atoms with van der Waals surface area (Å²) < 4.78 is 138. The van der Waals surface area contributed by atoms with Gasteiger partial charge in [0.25, 0.3) is 20.0 Å². The van der Waals surface area contributed by atoms with Crippen LogP contribution in [0.5, 0.6) is 11.5 Å². The summed E-state index contributed by atoms with van der Waals surface area (Å²) in [4.78, 5) is 31.3. The van der Waals surface area contributed by atoms with Gasteiger partial charge in [0.2, 0.25) is 0 Å². The van der Waals surface area contributed by atoms with Gasteiger partial charge in [0.05, 0.1) is 16.2 Å². The van der Waals surface area contributed by atoms with E-state index in [0.29, 0.717) is 28.7 Å². The maximum Gasteiger partial charge on any atom is 0.333 e. The van der Waals surface area contributed by atoms with E-state index in [-0.39, 0.29) is 52.1 Å². The molecule has 12 nitrogen and oxygen atoms in total. The van der Waals surface area contributed by atoms with Crippen molar-refractivity contribution >= 4 is 61.4 Å². The Kier molecular flexibility index (Phi) is 18.7. The maximum atomic E-state index is 16.0. The molecule has 0 aromatic heterocycles. The van der Waals surface area contributed by atoms with E-state index in [1.54, 1.807) is 12.1 Å². The molecule has 0 radical (unpaired) electrons. The molecule has 0 saturated heterocycles. The first-order valence-corrected chi connectivity index (χ1v) is 29.5. The molecule has 2 N–H and O–H groups in total. The van der Waals surface area contributed by atoms with E-state index in [1.165, 1.54) is 40.4 Å². The second-order valence-corrected chi connectivity index (χ2v) is 25.3. The van der Waals surface area contributed by atoms with Crippen LogP contribution in [0, 0.1) is 23.3 Å². The number of carbonyl (C=O) groups is 3. The number of rotatable bonds is 21. The number of carboxylic acids is 1. The number of hydrogen-bond donors (Lipinski definition) is 2. The number of hydrogen-bond acceptors (Lipinski definition) is 11. The van der Waals surface area contributed by atoms with Crippen LogP contribution in [0.3, 0.4) is 0 Å². The third-order valence-corrected chi connectivity index (χ3v) is 18.2. The third kappa shape index (κ3) is 13.1. The van der Waals surface area contributed by atoms with E-state index in [0.717, 1.165) is 39.1 Å². The summed E-state index contributed by atoms with van der Waals surface area (Å²) in [7, 11) is -11.6. The number of halogens is 4. The Balaban J connectivity index is 1.32. The summed E-state index contributed by atoms with van der Waals surface area (Å²) in [5, 5.41) is 8.76. The van der Waals surface area contributed by atoms with Gasteiger partial charge in [0, 0.05) is 27.5 Å². The molecule has 6 aromatic rings. The Hall–Kier alpha value is -7.06. The first-order chi connectivity index (χ1) is 37.6. The fraction of sp³-hybridized carbons (Fsp3) is 0.295. The Bertz CT molecular complexity index is 3740. The Morgan fingerprint density at radius 3 is 1.80 bits per heavy atom. The molecule has 0 spiro atoms. The quantitative estimate of drug-likeness (QED) is 0.0174. The number of sulfonamides is 2. The highest BCUT2D eigenvalue weighted by Crippen LogP contribution is 2.41. The molecule has 19 heteroatoms. The number of benzene rings is 6. The number of ether oxygens (including phenoxy) is 3. The van der Waals surface area contributed by atoms with Gasteiger partial charge in [-0.2, -0.15) is 0 Å². The number of thioether (sulfide) groups is 1. The molecule has 6 aromatic carbocycles. The zero-order valence-corrected chi connectivity index (χ0v) is 48.0. The van der Waals surface area contributed by atoms with E-state index in [2.05, 4.69) is 92.3 Å². The Morgan fingerprint density at radius 2 is 1.24 bits per heavy atom. The minimum Gasteiger partial charge on any atom is -0.480 e. The van der Waals surface area contributed by atoms with Gasteiger partial charge in [-0.1, -0.05) is 135 Å². The maximum absolute atomic E-state index is 16.0. The van der Waals surface area contributed by atoms with E-state index in [4.69, 9.17) is 14.2 Å². The Morgan fingerprint density at radius 1 is 0.675 bits per heavy atom. The lowest BCUT2D eigenvalue weighted by molar-refractivity contribution is -0.151. The fourth-order valence-corrected chi connectivity index (χ4v) is 13.7. The van der Waals surface area contributed by atoms with E-state index in [1.807, 2.05) is 36.4 Å². The van der Waals surface area contributed by atoms with Crippen LogP contribution in [0.1, 0.15) is 142 Å². The number of esters is 2. The van der Waals surface area contributed by atoms with Crippen LogP contribution in [0.2, 0.25) is 0 Å². The van der Waals surface area contributed by atoms with Crippen molar-refractivity contribution in [2.75, 3.05) is 13.2 Å². The molecule has 0 saturated carbocycles. The molecule has 80 heavy (non-hydrogen) atoms. The summed E-state index contributed by atoms with van der Waals surface area (Å²) in [6.07, 6.45) is 1.45. The largest absolute Gasteiger partial charge is 0.480 e. The summed E-state index contributed by atoms with van der Waals surface area (Å²) in [5.41, 5.74) is 8.30. The average Bonchev–Trinajstić information content (AvgIpc) is 3.39. The van der Waals surface area contributed by atoms with Crippen LogP contribution < -0.4 is 19.3 Å². The molecule has 0 fully saturated rings. The molecule has 1 unspecified atom stereocenters. The first-order valence-electron chi connectivity index (χ1n) is 25.7. The lowest BCUT2D eigenvalue weighted by atomic mass is 9.85. The van der Waals surface area contributed by atoms with Crippen LogP contribution in [0.25, 0.3) is 11.6 Å². The number of fused-ring (bicyclic) bond motifs is 2. The highest BCUT2D eigenvalue weighted by atomic mass is 32.3. The summed E-state index contributed by atoms with van der Waals surface area (Å²) in [6.45, 7) is 20.7. The molecule has 0 amide bonds. The van der Waals surface area contributed by atoms with Crippen LogP contribution in [0.15, 0.2) is 124 Å². The fourth-order valence-electron chi connectivity index (χ4n) is 9.51. The molecule has 1 aliphatic heterocycles. The second kappa shape index (κ2) is 24.8. The monoisotopic (exact) mass is 1160 g/mol. The van der Waals surface area contributed by atoms with Gasteiger partial charge in [-0.15, -0.1) is 15.9 Å². The topological polar surface area (TPSA) is 179 Å². The second-order valence-electron chi connectivity index (χ2n) is 20.6. The number of nitrogens with one attached hydrogen (secondary N) is 1. The molecule has 1 heterocycles. The number of carboxylic acid groups (broad SMARTS) is 1. The van der Waals surface area contributed by atoms with Gasteiger partial charge in [-0.3, -0.25) is 9.59 Å². The standard InChI is InChI=1S/C61H61F4NO11S3/c1-32(2)39-16-13-17-40(33(3)4)46(39)27-37-21-23-43-48(29-37)77-49-30-38(28-47-41(34(5)6)18-14-19-42(47)35(7)8)22-24-44(49)53(43)45-15-11-12-20-51(45)79(71,72)66-80(73,74)59-56(64)54(62)58(55(63)57(59)65)78-50(60(68)69)31-52(67)75-25-26-76-61(70)36(9)10/h11-24,27,29-30,32-35,50,66H,9,25-26,28,31H2,1-8,10H3,(H,68,69)/b37-27+. The van der Waals surface area contributed by atoms with E-state index < -0.39 is 101 Å². The molecular weight excluding hydrogens is 1090 g/mol. The average molecular weight is 1160 g/mol. The van der Waals surface area contributed by atoms with Crippen molar-refractivity contribution in [3.63, 3.8) is 0 Å². The highest BCUT2D eigenvalue weighted by Gasteiger charge is 2.39. The summed E-state index contributed by atoms with van der Waals surface area (Å²) in [5.74, 6) is -12.5. The highest BCUT2D eigenvalue weighted by molar-refractivity contribution is 8.04. The lowest BCUT2D eigenvalue weighted by Crippen LogP contribution is -2.33. The van der Waals surface area contributed by atoms with Crippen molar-refractivity contribution in [1.82, 2.24) is 4.13 Å². The molecule has 1 aliphatic rings. The molecule has 0 bridgehead atoms. The van der Waals surface area contributed by atoms with Crippen molar-refractivity contribution < 1.29 is 68.1 Å². The molecular formula is C61H61F4NO11S3. The SMILES string of the molecule is C=C(C)C(=O)OCCOC(=O)CC(Sc1c(F)c(F)c(S(=O)(=O)NS(=O)(=O)c2ccccc2C2=c3cc/c(=C\c4c(C(C)C)cccc4C(C)C)cc3Oc3cc(Cc4c(C(C)C)cccc4C(C)C)ccc32)c(F)c1F)C(=O)O. The molecule has 7 rings (SSSR count). The van der Waals surface area contributed by atoms with Gasteiger partial charge >= 0.3 is 17.9 Å². The third-order valence-electron chi connectivity index (χ3n) is 13.3. The van der Waals surface area contributed by atoms with Crippen LogP contribution in [0.4, 0.5) is 17.6 Å². The zero-order valence-electron chi connectivity index (χ0n) is 45.5. The van der Waals surface area contributed by atoms with Crippen LogP contribution in [-0.4, -0.2) is 58.3 Å². The van der Waals surface area contributed by atoms with Crippen molar-refractivity contribution in [3.8, 4) is 11.5 Å². The van der Waals surface area contributed by atoms with Crippen LogP contribution >= 0.6 is 11.8 Å². The predicted octanol–water partition coefficient (Wildman–Crippen LogP) is 11.8. The van der Waals surface area contributed by atoms with E-state index >= 15 is 17.6 Å². The first kappa shape index (κ1) is 60.6. The van der Waals surface area contributed by atoms with Gasteiger partial charge in [0.1, 0.15) is 30.0 Å². The number of carbonyl (C=O) groups excluding carboxylic acids is 2. The summed E-state index contributed by atoms with van der Waals surface area (Å²) in [6, 6.07) is 28.7. The van der Waals surface area contributed by atoms with Crippen molar-refractivity contribution in [3.05, 3.63) is 193 Å². The number of aliphatic carboxylic acids is 1. The molecule has 422 valence electrons. The minimum absolute atomic E-state index is 0.0353. The Labute approximate surface area is 467 Å². The van der Waals surface area contributed by atoms with Crippen LogP contribution in [-0.2, 0) is 50.3 Å². The van der Waals surface area contributed by atoms with E-state index in [9.17, 15) is 36.3 Å². The lowest BCUT2D eigenvalue weighted by Gasteiger charge is -2.24.